The van der Waals surface area contributed by atoms with E-state index in [4.69, 9.17) is 9.47 Å². The summed E-state index contributed by atoms with van der Waals surface area (Å²) < 4.78 is 24.1. The number of halogens is 1. The maximum absolute atomic E-state index is 13.5. The number of fused-ring (bicyclic) bond motifs is 1. The van der Waals surface area contributed by atoms with Crippen molar-refractivity contribution in [2.75, 3.05) is 25.2 Å². The van der Waals surface area contributed by atoms with Crippen LogP contribution in [0.2, 0.25) is 0 Å². The van der Waals surface area contributed by atoms with Crippen LogP contribution in [-0.4, -0.2) is 26.2 Å². The fourth-order valence-electron chi connectivity index (χ4n) is 2.70. The number of rotatable bonds is 4. The molecule has 23 heavy (non-hydrogen) atoms. The number of hydrogen-bond acceptors (Lipinski definition) is 3. The lowest BCUT2D eigenvalue weighted by molar-refractivity contribution is -0.120. The number of methoxy groups -OCH3 is 1. The van der Waals surface area contributed by atoms with Crippen molar-refractivity contribution in [3.05, 3.63) is 53.8 Å². The Morgan fingerprint density at radius 2 is 1.91 bits per heavy atom. The van der Waals surface area contributed by atoms with Gasteiger partial charge in [0.15, 0.2) is 6.61 Å². The van der Waals surface area contributed by atoms with Crippen molar-refractivity contribution >= 4 is 11.6 Å². The first-order valence-corrected chi connectivity index (χ1v) is 7.53. The molecule has 0 spiro atoms. The molecule has 0 N–H and O–H groups in total. The standard InChI is InChI=1S/C18H18FNO3/c1-22-15-6-8-16(9-7-15)23-12-18(21)20-10-2-3-13-4-5-14(19)11-17(13)20/h4-9,11H,2-3,10,12H2,1H3. The molecule has 2 aromatic rings. The highest BCUT2D eigenvalue weighted by Gasteiger charge is 2.23. The molecule has 1 aliphatic heterocycles. The van der Waals surface area contributed by atoms with Crippen molar-refractivity contribution in [1.29, 1.82) is 0 Å². The van der Waals surface area contributed by atoms with Crippen molar-refractivity contribution in [2.24, 2.45) is 0 Å². The first-order valence-electron chi connectivity index (χ1n) is 7.53. The molecule has 2 aromatic carbocycles. The molecule has 0 unspecified atom stereocenters. The summed E-state index contributed by atoms with van der Waals surface area (Å²) in [4.78, 5) is 14.0. The van der Waals surface area contributed by atoms with Crippen LogP contribution in [0.15, 0.2) is 42.5 Å². The molecular formula is C18H18FNO3. The third-order valence-electron chi connectivity index (χ3n) is 3.89. The van der Waals surface area contributed by atoms with E-state index in [0.29, 0.717) is 18.0 Å². The molecule has 0 fully saturated rings. The number of ether oxygens (including phenoxy) is 2. The van der Waals surface area contributed by atoms with Crippen LogP contribution >= 0.6 is 0 Å². The highest BCUT2D eigenvalue weighted by molar-refractivity contribution is 5.95. The van der Waals surface area contributed by atoms with Gasteiger partial charge in [0.05, 0.1) is 7.11 Å². The zero-order valence-electron chi connectivity index (χ0n) is 12.9. The van der Waals surface area contributed by atoms with E-state index in [2.05, 4.69) is 0 Å². The quantitative estimate of drug-likeness (QED) is 0.870. The Morgan fingerprint density at radius 1 is 1.17 bits per heavy atom. The monoisotopic (exact) mass is 315 g/mol. The molecule has 0 radical (unpaired) electrons. The Hall–Kier alpha value is -2.56. The van der Waals surface area contributed by atoms with E-state index in [0.717, 1.165) is 24.2 Å². The SMILES string of the molecule is COc1ccc(OCC(=O)N2CCCc3ccc(F)cc32)cc1. The second-order valence-corrected chi connectivity index (χ2v) is 5.39. The van der Waals surface area contributed by atoms with Gasteiger partial charge in [0.25, 0.3) is 5.91 Å². The van der Waals surface area contributed by atoms with E-state index < -0.39 is 0 Å². The van der Waals surface area contributed by atoms with E-state index in [1.165, 1.54) is 12.1 Å². The van der Waals surface area contributed by atoms with Crippen LogP contribution in [0, 0.1) is 5.82 Å². The molecule has 4 nitrogen and oxygen atoms in total. The molecule has 3 rings (SSSR count). The molecule has 0 atom stereocenters. The summed E-state index contributed by atoms with van der Waals surface area (Å²) in [7, 11) is 1.59. The molecular weight excluding hydrogens is 297 g/mol. The smallest absolute Gasteiger partial charge is 0.264 e. The molecule has 120 valence electrons. The van der Waals surface area contributed by atoms with Gasteiger partial charge >= 0.3 is 0 Å². The maximum atomic E-state index is 13.5. The Bertz CT molecular complexity index is 700. The fourth-order valence-corrected chi connectivity index (χ4v) is 2.70. The van der Waals surface area contributed by atoms with Gasteiger partial charge in [0, 0.05) is 12.2 Å². The number of carbonyl (C=O) groups excluding carboxylic acids is 1. The Kier molecular flexibility index (Phi) is 4.46. The average Bonchev–Trinajstić information content (AvgIpc) is 2.59. The fraction of sp³-hybridized carbons (Fsp3) is 0.278. The van der Waals surface area contributed by atoms with E-state index in [-0.39, 0.29) is 18.3 Å². The minimum Gasteiger partial charge on any atom is -0.497 e. The molecule has 0 aliphatic carbocycles. The second kappa shape index (κ2) is 6.69. The second-order valence-electron chi connectivity index (χ2n) is 5.39. The van der Waals surface area contributed by atoms with Gasteiger partial charge in [-0.3, -0.25) is 4.79 Å². The van der Waals surface area contributed by atoms with Crippen LogP contribution < -0.4 is 14.4 Å². The summed E-state index contributed by atoms with van der Waals surface area (Å²) >= 11 is 0. The molecule has 0 bridgehead atoms. The van der Waals surface area contributed by atoms with Crippen LogP contribution in [0.3, 0.4) is 0 Å². The number of nitrogens with zero attached hydrogens (tertiary/aromatic N) is 1. The summed E-state index contributed by atoms with van der Waals surface area (Å²) in [6, 6.07) is 11.6. The minimum atomic E-state index is -0.334. The van der Waals surface area contributed by atoms with Crippen molar-refractivity contribution in [3.63, 3.8) is 0 Å². The number of amides is 1. The summed E-state index contributed by atoms with van der Waals surface area (Å²) in [6.45, 7) is 0.504. The molecule has 0 saturated heterocycles. The number of benzene rings is 2. The van der Waals surface area contributed by atoms with Crippen LogP contribution in [0.4, 0.5) is 10.1 Å². The van der Waals surface area contributed by atoms with Crippen LogP contribution in [0.25, 0.3) is 0 Å². The van der Waals surface area contributed by atoms with Gasteiger partial charge in [-0.15, -0.1) is 0 Å². The zero-order valence-corrected chi connectivity index (χ0v) is 12.9. The first kappa shape index (κ1) is 15.3. The minimum absolute atomic E-state index is 0.0811. The average molecular weight is 315 g/mol. The summed E-state index contributed by atoms with van der Waals surface area (Å²) in [5, 5.41) is 0. The van der Waals surface area contributed by atoms with Crippen LogP contribution in [-0.2, 0) is 11.2 Å². The summed E-state index contributed by atoms with van der Waals surface area (Å²) in [5.41, 5.74) is 1.65. The number of anilines is 1. The number of carbonyl (C=O) groups is 1. The van der Waals surface area contributed by atoms with E-state index in [1.54, 1.807) is 42.3 Å². The van der Waals surface area contributed by atoms with Crippen molar-refractivity contribution in [2.45, 2.75) is 12.8 Å². The van der Waals surface area contributed by atoms with Crippen molar-refractivity contribution in [1.82, 2.24) is 0 Å². The predicted molar refractivity (Wildman–Crippen MR) is 85.6 cm³/mol. The third kappa shape index (κ3) is 3.44. The van der Waals surface area contributed by atoms with Crippen LogP contribution in [0.1, 0.15) is 12.0 Å². The summed E-state index contributed by atoms with van der Waals surface area (Å²) in [5.74, 6) is 0.812. The van der Waals surface area contributed by atoms with E-state index in [1.807, 2.05) is 0 Å². The number of hydrogen-bond donors (Lipinski definition) is 0. The molecule has 1 aliphatic rings. The maximum Gasteiger partial charge on any atom is 0.264 e. The van der Waals surface area contributed by atoms with Gasteiger partial charge in [-0.1, -0.05) is 6.07 Å². The van der Waals surface area contributed by atoms with Gasteiger partial charge in [-0.25, -0.2) is 4.39 Å². The zero-order chi connectivity index (χ0) is 16.2. The Morgan fingerprint density at radius 3 is 2.65 bits per heavy atom. The first-order chi connectivity index (χ1) is 11.2. The van der Waals surface area contributed by atoms with Gasteiger partial charge < -0.3 is 14.4 Å². The molecule has 1 heterocycles. The van der Waals surface area contributed by atoms with Crippen molar-refractivity contribution < 1.29 is 18.7 Å². The lowest BCUT2D eigenvalue weighted by Crippen LogP contribution is -2.38. The lowest BCUT2D eigenvalue weighted by atomic mass is 10.0. The van der Waals surface area contributed by atoms with Crippen molar-refractivity contribution in [3.8, 4) is 11.5 Å². The topological polar surface area (TPSA) is 38.8 Å². The highest BCUT2D eigenvalue weighted by Crippen LogP contribution is 2.28. The van der Waals surface area contributed by atoms with Gasteiger partial charge in [-0.05, 0) is 54.8 Å². The summed E-state index contributed by atoms with van der Waals surface area (Å²) in [6.07, 6.45) is 1.73. The molecule has 5 heteroatoms. The largest absolute Gasteiger partial charge is 0.497 e. The Balaban J connectivity index is 1.68. The van der Waals surface area contributed by atoms with E-state index in [9.17, 15) is 9.18 Å². The van der Waals surface area contributed by atoms with Gasteiger partial charge in [-0.2, -0.15) is 0 Å². The predicted octanol–water partition coefficient (Wildman–Crippen LogP) is 3.19. The van der Waals surface area contributed by atoms with Gasteiger partial charge in [0.1, 0.15) is 17.3 Å². The van der Waals surface area contributed by atoms with E-state index >= 15 is 0 Å². The highest BCUT2D eigenvalue weighted by atomic mass is 19.1. The molecule has 1 amide bonds. The van der Waals surface area contributed by atoms with Gasteiger partial charge in [0.2, 0.25) is 0 Å². The molecule has 0 aromatic heterocycles. The third-order valence-corrected chi connectivity index (χ3v) is 3.89. The normalized spacial score (nSPS) is 13.4. The molecule has 0 saturated carbocycles. The number of aryl methyl sites for hydroxylation is 1. The Labute approximate surface area is 134 Å². The lowest BCUT2D eigenvalue weighted by Gasteiger charge is -2.29. The van der Waals surface area contributed by atoms with Crippen LogP contribution in [0.5, 0.6) is 11.5 Å².